The third-order valence-electron chi connectivity index (χ3n) is 7.58. The van der Waals surface area contributed by atoms with Gasteiger partial charge in [0, 0.05) is 6.54 Å². The minimum Gasteiger partial charge on any atom is -0.497 e. The number of nitrogens with zero attached hydrogens (tertiary/aromatic N) is 1. The summed E-state index contributed by atoms with van der Waals surface area (Å²) in [6.07, 6.45) is 4.25. The number of methoxy groups -OCH3 is 2. The van der Waals surface area contributed by atoms with E-state index in [1.165, 1.54) is 12.8 Å². The molecular weight excluding hydrogens is 526 g/mol. The summed E-state index contributed by atoms with van der Waals surface area (Å²) in [6, 6.07) is 21.4. The predicted molar refractivity (Wildman–Crippen MR) is 157 cm³/mol. The van der Waals surface area contributed by atoms with E-state index >= 15 is 0 Å². The van der Waals surface area contributed by atoms with Crippen LogP contribution >= 0.6 is 0 Å². The summed E-state index contributed by atoms with van der Waals surface area (Å²) in [5.41, 5.74) is 5.59. The summed E-state index contributed by atoms with van der Waals surface area (Å²) in [5, 5.41) is 0. The number of hydrogen-bond donors (Lipinski definition) is 0. The Labute approximate surface area is 237 Å². The molecule has 5 rings (SSSR count). The van der Waals surface area contributed by atoms with Crippen molar-refractivity contribution >= 4 is 21.3 Å². The van der Waals surface area contributed by atoms with Gasteiger partial charge in [-0.1, -0.05) is 30.3 Å². The van der Waals surface area contributed by atoms with E-state index in [4.69, 9.17) is 18.4 Å². The van der Waals surface area contributed by atoms with Gasteiger partial charge in [-0.3, -0.25) is 9.08 Å². The van der Waals surface area contributed by atoms with Gasteiger partial charge in [0.1, 0.15) is 30.0 Å². The third kappa shape index (κ3) is 6.69. The predicted octanol–water partition coefficient (Wildman–Crippen LogP) is 5.75. The molecule has 1 atom stereocenters. The summed E-state index contributed by atoms with van der Waals surface area (Å²) in [7, 11) is -0.523. The molecule has 0 bridgehead atoms. The molecule has 40 heavy (non-hydrogen) atoms. The SMILES string of the molecule is COc1cccc(C2=C(C(OS(C)(=O)=O)c3ccc(OCCN4CCCC4)cc3)c3ccc(OC)cc3CC2)c1. The summed E-state index contributed by atoms with van der Waals surface area (Å²) < 4.78 is 48.1. The Morgan fingerprint density at radius 2 is 1.55 bits per heavy atom. The number of likely N-dealkylation sites (tertiary alicyclic amines) is 1. The first-order chi connectivity index (χ1) is 19.3. The van der Waals surface area contributed by atoms with Crippen molar-refractivity contribution in [2.24, 2.45) is 0 Å². The summed E-state index contributed by atoms with van der Waals surface area (Å²) in [6.45, 7) is 3.78. The molecule has 0 amide bonds. The summed E-state index contributed by atoms with van der Waals surface area (Å²) in [5.74, 6) is 2.25. The monoisotopic (exact) mass is 563 g/mol. The summed E-state index contributed by atoms with van der Waals surface area (Å²) >= 11 is 0. The van der Waals surface area contributed by atoms with Crippen LogP contribution in [0.2, 0.25) is 0 Å². The van der Waals surface area contributed by atoms with Gasteiger partial charge >= 0.3 is 0 Å². The van der Waals surface area contributed by atoms with Crippen LogP contribution in [0.15, 0.2) is 66.7 Å². The Balaban J connectivity index is 1.55. The topological polar surface area (TPSA) is 74.3 Å². The van der Waals surface area contributed by atoms with E-state index in [2.05, 4.69) is 4.90 Å². The van der Waals surface area contributed by atoms with Crippen LogP contribution in [0.3, 0.4) is 0 Å². The van der Waals surface area contributed by atoms with Crippen LogP contribution < -0.4 is 14.2 Å². The number of hydrogen-bond acceptors (Lipinski definition) is 7. The van der Waals surface area contributed by atoms with Crippen LogP contribution in [0.25, 0.3) is 11.1 Å². The largest absolute Gasteiger partial charge is 0.497 e. The standard InChI is InChI=1S/C32H37NO6S/c1-36-27-8-6-7-24(21-27)29-15-11-25-22-28(37-2)14-16-30(25)31(29)32(39-40(3,34)35)23-9-12-26(13-10-23)38-20-19-33-17-4-5-18-33/h6-10,12-14,16,21-22,32H,4-5,11,15,17-20H2,1-3H3. The first-order valence-electron chi connectivity index (χ1n) is 13.7. The van der Waals surface area contributed by atoms with Crippen LogP contribution in [0.5, 0.6) is 17.2 Å². The molecule has 2 aliphatic rings. The maximum atomic E-state index is 12.6. The van der Waals surface area contributed by atoms with Gasteiger partial charge in [0.25, 0.3) is 10.1 Å². The second-order valence-electron chi connectivity index (χ2n) is 10.3. The van der Waals surface area contributed by atoms with E-state index in [0.29, 0.717) is 13.0 Å². The van der Waals surface area contributed by atoms with Crippen LogP contribution in [-0.4, -0.2) is 60.0 Å². The Morgan fingerprint density at radius 1 is 0.850 bits per heavy atom. The van der Waals surface area contributed by atoms with Gasteiger partial charge in [-0.05, 0) is 109 Å². The lowest BCUT2D eigenvalue weighted by molar-refractivity contribution is 0.237. The van der Waals surface area contributed by atoms with Crippen molar-refractivity contribution in [2.45, 2.75) is 31.8 Å². The van der Waals surface area contributed by atoms with E-state index in [1.54, 1.807) is 14.2 Å². The highest BCUT2D eigenvalue weighted by molar-refractivity contribution is 7.86. The molecule has 0 N–H and O–H groups in total. The zero-order valence-electron chi connectivity index (χ0n) is 23.4. The lowest BCUT2D eigenvalue weighted by Gasteiger charge is -2.30. The molecule has 7 nitrogen and oxygen atoms in total. The lowest BCUT2D eigenvalue weighted by atomic mass is 9.79. The molecule has 3 aromatic rings. The fourth-order valence-corrected chi connectivity index (χ4v) is 6.17. The van der Waals surface area contributed by atoms with Crippen LogP contribution in [0.4, 0.5) is 0 Å². The number of benzene rings is 3. The van der Waals surface area contributed by atoms with Crippen molar-refractivity contribution in [1.82, 2.24) is 4.90 Å². The van der Waals surface area contributed by atoms with Gasteiger partial charge in [-0.15, -0.1) is 0 Å². The smallest absolute Gasteiger partial charge is 0.265 e. The Morgan fingerprint density at radius 3 is 2.25 bits per heavy atom. The molecule has 0 spiro atoms. The maximum absolute atomic E-state index is 12.6. The van der Waals surface area contributed by atoms with Crippen molar-refractivity contribution in [3.8, 4) is 17.2 Å². The molecule has 1 fully saturated rings. The van der Waals surface area contributed by atoms with Crippen LogP contribution in [-0.2, 0) is 20.7 Å². The Hall–Kier alpha value is -3.33. The summed E-state index contributed by atoms with van der Waals surface area (Å²) in [4.78, 5) is 2.41. The zero-order valence-corrected chi connectivity index (χ0v) is 24.2. The molecule has 8 heteroatoms. The minimum absolute atomic E-state index is 0.614. The average molecular weight is 564 g/mol. The average Bonchev–Trinajstić information content (AvgIpc) is 3.49. The molecular formula is C32H37NO6S. The second-order valence-corrected chi connectivity index (χ2v) is 11.9. The number of fused-ring (bicyclic) bond motifs is 1. The first kappa shape index (κ1) is 28.2. The van der Waals surface area contributed by atoms with Crippen molar-refractivity contribution in [2.75, 3.05) is 46.7 Å². The maximum Gasteiger partial charge on any atom is 0.265 e. The van der Waals surface area contributed by atoms with Crippen molar-refractivity contribution < 1.29 is 26.8 Å². The molecule has 0 saturated carbocycles. The Kier molecular flexibility index (Phi) is 8.78. The van der Waals surface area contributed by atoms with E-state index in [9.17, 15) is 8.42 Å². The Bertz CT molecular complexity index is 1460. The quantitative estimate of drug-likeness (QED) is 0.275. The van der Waals surface area contributed by atoms with Gasteiger partial charge < -0.3 is 14.2 Å². The van der Waals surface area contributed by atoms with Crippen molar-refractivity contribution in [3.05, 3.63) is 89.0 Å². The zero-order chi connectivity index (χ0) is 28.1. The number of rotatable bonds is 11. The van der Waals surface area contributed by atoms with Crippen molar-refractivity contribution in [3.63, 3.8) is 0 Å². The highest BCUT2D eigenvalue weighted by atomic mass is 32.2. The molecule has 0 aromatic heterocycles. The van der Waals surface area contributed by atoms with E-state index in [1.807, 2.05) is 66.7 Å². The molecule has 1 aliphatic carbocycles. The highest BCUT2D eigenvalue weighted by Crippen LogP contribution is 2.47. The molecule has 3 aromatic carbocycles. The van der Waals surface area contributed by atoms with E-state index in [-0.39, 0.29) is 0 Å². The normalized spacial score (nSPS) is 16.5. The molecule has 1 saturated heterocycles. The van der Waals surface area contributed by atoms with Crippen LogP contribution in [0, 0.1) is 0 Å². The molecule has 212 valence electrons. The molecule has 1 unspecified atom stereocenters. The van der Waals surface area contributed by atoms with Crippen LogP contribution in [0.1, 0.15) is 47.6 Å². The fraction of sp³-hybridized carbons (Fsp3) is 0.375. The van der Waals surface area contributed by atoms with Crippen molar-refractivity contribution in [1.29, 1.82) is 0 Å². The van der Waals surface area contributed by atoms with Gasteiger partial charge in [-0.25, -0.2) is 0 Å². The second kappa shape index (κ2) is 12.5. The molecule has 1 aliphatic heterocycles. The van der Waals surface area contributed by atoms with Gasteiger partial charge in [0.05, 0.1) is 20.5 Å². The minimum atomic E-state index is -3.81. The third-order valence-corrected chi connectivity index (χ3v) is 8.12. The van der Waals surface area contributed by atoms with E-state index in [0.717, 1.165) is 83.0 Å². The number of allylic oxidation sites excluding steroid dienone is 1. The number of aryl methyl sites for hydroxylation is 1. The van der Waals surface area contributed by atoms with Gasteiger partial charge in [0.2, 0.25) is 0 Å². The molecule has 0 radical (unpaired) electrons. The first-order valence-corrected chi connectivity index (χ1v) is 15.5. The lowest BCUT2D eigenvalue weighted by Crippen LogP contribution is -2.25. The van der Waals surface area contributed by atoms with Gasteiger partial charge in [-0.2, -0.15) is 8.42 Å². The number of ether oxygens (including phenoxy) is 3. The van der Waals surface area contributed by atoms with E-state index < -0.39 is 16.2 Å². The van der Waals surface area contributed by atoms with Gasteiger partial charge in [0.15, 0.2) is 0 Å². The molecule has 1 heterocycles. The highest BCUT2D eigenvalue weighted by Gasteiger charge is 2.31. The fourth-order valence-electron chi connectivity index (χ4n) is 5.62.